The van der Waals surface area contributed by atoms with Crippen LogP contribution in [0.1, 0.15) is 76.3 Å². The number of hydrogen-bond acceptors (Lipinski definition) is 2. The third-order valence-corrected chi connectivity index (χ3v) is 7.18. The zero-order valence-electron chi connectivity index (χ0n) is 19.2. The number of nitrogens with zero attached hydrogens (tertiary/aromatic N) is 2. The smallest absolute Gasteiger partial charge is 0.123 e. The Bertz CT molecular complexity index is 820. The summed E-state index contributed by atoms with van der Waals surface area (Å²) in [4.78, 5) is 2.54. The summed E-state index contributed by atoms with van der Waals surface area (Å²) in [5.74, 6) is 0.127. The third-order valence-electron chi connectivity index (χ3n) is 7.18. The third kappa shape index (κ3) is 5.95. The summed E-state index contributed by atoms with van der Waals surface area (Å²) in [6.45, 7) is 6.52. The molecule has 0 saturated heterocycles. The quantitative estimate of drug-likeness (QED) is 0.405. The van der Waals surface area contributed by atoms with E-state index in [0.717, 1.165) is 50.8 Å². The van der Waals surface area contributed by atoms with Crippen LogP contribution in [0.3, 0.4) is 0 Å². The van der Waals surface area contributed by atoms with E-state index in [1.807, 2.05) is 12.1 Å². The highest BCUT2D eigenvalue weighted by atomic mass is 19.1. The van der Waals surface area contributed by atoms with Crippen molar-refractivity contribution in [1.29, 1.82) is 5.26 Å². The molecule has 1 aliphatic carbocycles. The van der Waals surface area contributed by atoms with Crippen molar-refractivity contribution < 1.29 is 4.39 Å². The molecule has 3 rings (SSSR count). The van der Waals surface area contributed by atoms with Crippen LogP contribution in [0.2, 0.25) is 0 Å². The molecular weight excluding hydrogens is 383 g/mol. The SMILES string of the molecule is CCCN(Cc1ccccc1)C(C)CCC(C#N)(c1ccc(F)cc1)C1CCCCC1. The lowest BCUT2D eigenvalue weighted by atomic mass is 9.63. The lowest BCUT2D eigenvalue weighted by Gasteiger charge is -2.39. The largest absolute Gasteiger partial charge is 0.296 e. The Hall–Kier alpha value is -2.18. The molecule has 31 heavy (non-hydrogen) atoms. The van der Waals surface area contributed by atoms with Crippen LogP contribution >= 0.6 is 0 Å². The topological polar surface area (TPSA) is 27.0 Å². The first-order chi connectivity index (χ1) is 15.1. The van der Waals surface area contributed by atoms with Crippen molar-refractivity contribution in [1.82, 2.24) is 4.90 Å². The second-order valence-electron chi connectivity index (χ2n) is 9.27. The molecular formula is C28H37FN2. The van der Waals surface area contributed by atoms with Crippen molar-refractivity contribution in [2.75, 3.05) is 6.54 Å². The van der Waals surface area contributed by atoms with Crippen LogP contribution in [0.4, 0.5) is 4.39 Å². The molecule has 1 saturated carbocycles. The minimum absolute atomic E-state index is 0.232. The Morgan fingerprint density at radius 2 is 1.74 bits per heavy atom. The van der Waals surface area contributed by atoms with E-state index in [1.54, 1.807) is 0 Å². The zero-order chi connectivity index (χ0) is 22.1. The predicted octanol–water partition coefficient (Wildman–Crippen LogP) is 7.25. The van der Waals surface area contributed by atoms with Gasteiger partial charge in [-0.05, 0) is 74.8 Å². The molecule has 1 fully saturated rings. The van der Waals surface area contributed by atoms with Crippen molar-refractivity contribution in [2.45, 2.75) is 83.2 Å². The van der Waals surface area contributed by atoms with Gasteiger partial charge in [0.2, 0.25) is 0 Å². The normalized spacial score (nSPS) is 17.8. The maximum atomic E-state index is 13.6. The van der Waals surface area contributed by atoms with E-state index in [9.17, 15) is 9.65 Å². The van der Waals surface area contributed by atoms with Crippen LogP contribution in [-0.2, 0) is 12.0 Å². The summed E-state index contributed by atoms with van der Waals surface area (Å²) in [7, 11) is 0. The molecule has 2 aromatic rings. The fourth-order valence-corrected chi connectivity index (χ4v) is 5.32. The second-order valence-corrected chi connectivity index (χ2v) is 9.27. The van der Waals surface area contributed by atoms with Gasteiger partial charge in [-0.15, -0.1) is 0 Å². The highest BCUT2D eigenvalue weighted by Crippen LogP contribution is 2.44. The Balaban J connectivity index is 1.79. The molecule has 3 heteroatoms. The van der Waals surface area contributed by atoms with E-state index < -0.39 is 5.41 Å². The monoisotopic (exact) mass is 420 g/mol. The zero-order valence-corrected chi connectivity index (χ0v) is 19.2. The average Bonchev–Trinajstić information content (AvgIpc) is 2.81. The van der Waals surface area contributed by atoms with Gasteiger partial charge in [-0.3, -0.25) is 4.90 Å². The second kappa shape index (κ2) is 11.4. The van der Waals surface area contributed by atoms with Gasteiger partial charge < -0.3 is 0 Å². The molecule has 0 aromatic heterocycles. The molecule has 1 aliphatic rings. The molecule has 2 unspecified atom stereocenters. The van der Waals surface area contributed by atoms with Gasteiger partial charge in [-0.2, -0.15) is 5.26 Å². The van der Waals surface area contributed by atoms with Gasteiger partial charge >= 0.3 is 0 Å². The minimum atomic E-state index is -0.521. The van der Waals surface area contributed by atoms with Crippen molar-refractivity contribution in [3.63, 3.8) is 0 Å². The minimum Gasteiger partial charge on any atom is -0.296 e. The fourth-order valence-electron chi connectivity index (χ4n) is 5.32. The molecule has 0 amide bonds. The molecule has 0 bridgehead atoms. The molecule has 2 atom stereocenters. The highest BCUT2D eigenvalue weighted by molar-refractivity contribution is 5.34. The molecule has 0 spiro atoms. The number of halogens is 1. The maximum Gasteiger partial charge on any atom is 0.123 e. The molecule has 2 nitrogen and oxygen atoms in total. The maximum absolute atomic E-state index is 13.6. The Morgan fingerprint density at radius 1 is 1.06 bits per heavy atom. The van der Waals surface area contributed by atoms with Gasteiger partial charge in [0.15, 0.2) is 0 Å². The van der Waals surface area contributed by atoms with Crippen molar-refractivity contribution >= 4 is 0 Å². The number of rotatable bonds is 10. The standard InChI is InChI=1S/C28H37FN2/c1-3-20-31(21-24-10-6-4-7-11-24)23(2)18-19-28(22-30,25-12-8-5-9-13-25)26-14-16-27(29)17-15-26/h4,6-7,10-11,14-17,23,25H,3,5,8-9,12-13,18-21H2,1-2H3. The Morgan fingerprint density at radius 3 is 2.35 bits per heavy atom. The molecule has 2 aromatic carbocycles. The van der Waals surface area contributed by atoms with Crippen LogP contribution in [0.15, 0.2) is 54.6 Å². The molecule has 0 N–H and O–H groups in total. The number of nitriles is 1. The van der Waals surface area contributed by atoms with Crippen LogP contribution in [0.25, 0.3) is 0 Å². The molecule has 166 valence electrons. The lowest BCUT2D eigenvalue weighted by molar-refractivity contribution is 0.165. The van der Waals surface area contributed by atoms with Gasteiger partial charge in [0.25, 0.3) is 0 Å². The summed E-state index contributed by atoms with van der Waals surface area (Å²) in [5, 5.41) is 10.5. The summed E-state index contributed by atoms with van der Waals surface area (Å²) in [6.07, 6.45) is 8.76. The summed E-state index contributed by atoms with van der Waals surface area (Å²) >= 11 is 0. The van der Waals surface area contributed by atoms with E-state index >= 15 is 0 Å². The van der Waals surface area contributed by atoms with Crippen LogP contribution in [0.5, 0.6) is 0 Å². The Kier molecular flexibility index (Phi) is 8.67. The van der Waals surface area contributed by atoms with Crippen molar-refractivity contribution in [2.24, 2.45) is 5.92 Å². The summed E-state index contributed by atoms with van der Waals surface area (Å²) in [5.41, 5.74) is 1.81. The van der Waals surface area contributed by atoms with E-state index in [0.29, 0.717) is 12.0 Å². The van der Waals surface area contributed by atoms with E-state index in [1.165, 1.54) is 37.0 Å². The van der Waals surface area contributed by atoms with Crippen molar-refractivity contribution in [3.8, 4) is 6.07 Å². The first-order valence-corrected chi connectivity index (χ1v) is 12.0. The van der Waals surface area contributed by atoms with Crippen LogP contribution < -0.4 is 0 Å². The van der Waals surface area contributed by atoms with Crippen LogP contribution in [0, 0.1) is 23.1 Å². The van der Waals surface area contributed by atoms with Gasteiger partial charge in [0.05, 0.1) is 11.5 Å². The first kappa shape index (κ1) is 23.5. The predicted molar refractivity (Wildman–Crippen MR) is 126 cm³/mol. The molecule has 0 radical (unpaired) electrons. The van der Waals surface area contributed by atoms with Gasteiger partial charge in [0, 0.05) is 12.6 Å². The Labute approximate surface area is 188 Å². The van der Waals surface area contributed by atoms with Gasteiger partial charge in [0.1, 0.15) is 5.82 Å². The van der Waals surface area contributed by atoms with E-state index in [2.05, 4.69) is 55.1 Å². The number of benzene rings is 2. The summed E-state index contributed by atoms with van der Waals surface area (Å²) in [6, 6.07) is 20.5. The first-order valence-electron chi connectivity index (χ1n) is 12.0. The van der Waals surface area contributed by atoms with E-state index in [-0.39, 0.29) is 5.82 Å². The van der Waals surface area contributed by atoms with Crippen molar-refractivity contribution in [3.05, 3.63) is 71.5 Å². The fraction of sp³-hybridized carbons (Fsp3) is 0.536. The number of hydrogen-bond donors (Lipinski definition) is 0. The molecule has 0 heterocycles. The van der Waals surface area contributed by atoms with Gasteiger partial charge in [-0.1, -0.05) is 68.7 Å². The molecule has 0 aliphatic heterocycles. The lowest BCUT2D eigenvalue weighted by Crippen LogP contribution is -2.39. The van der Waals surface area contributed by atoms with Gasteiger partial charge in [-0.25, -0.2) is 4.39 Å². The highest BCUT2D eigenvalue weighted by Gasteiger charge is 2.41. The summed E-state index contributed by atoms with van der Waals surface area (Å²) < 4.78 is 13.6. The van der Waals surface area contributed by atoms with Crippen LogP contribution in [-0.4, -0.2) is 17.5 Å². The van der Waals surface area contributed by atoms with E-state index in [4.69, 9.17) is 0 Å². The average molecular weight is 421 g/mol.